The van der Waals surface area contributed by atoms with E-state index in [9.17, 15) is 0 Å². The summed E-state index contributed by atoms with van der Waals surface area (Å²) in [5.74, 6) is 0.739. The molecule has 0 amide bonds. The van der Waals surface area contributed by atoms with Crippen LogP contribution < -0.4 is 0 Å². The number of aromatic nitrogens is 1. The average molecular weight is 215 g/mol. The van der Waals surface area contributed by atoms with Crippen molar-refractivity contribution in [3.05, 3.63) is 41.6 Å². The van der Waals surface area contributed by atoms with E-state index in [2.05, 4.69) is 37.5 Å². The molecule has 1 N–H and O–H groups in total. The van der Waals surface area contributed by atoms with Crippen molar-refractivity contribution < 1.29 is 4.74 Å². The number of hydrogen-bond donors (Lipinski definition) is 1. The Balaban J connectivity index is 2.50. The van der Waals surface area contributed by atoms with E-state index >= 15 is 0 Å². The summed E-state index contributed by atoms with van der Waals surface area (Å²) in [7, 11) is 0. The number of nitrogens with one attached hydrogen (secondary N) is 1. The van der Waals surface area contributed by atoms with Gasteiger partial charge >= 0.3 is 0 Å². The van der Waals surface area contributed by atoms with E-state index in [0.717, 1.165) is 11.3 Å². The molecule has 0 bridgehead atoms. The van der Waals surface area contributed by atoms with Crippen LogP contribution in [0.3, 0.4) is 0 Å². The van der Waals surface area contributed by atoms with Gasteiger partial charge < -0.3 is 9.72 Å². The number of hydrogen-bond acceptors (Lipinski definition) is 1. The maximum absolute atomic E-state index is 5.42. The second-order valence-corrected chi connectivity index (χ2v) is 3.99. The highest BCUT2D eigenvalue weighted by molar-refractivity contribution is 5.87. The van der Waals surface area contributed by atoms with Crippen LogP contribution in [0.2, 0.25) is 0 Å². The summed E-state index contributed by atoms with van der Waals surface area (Å²) in [6, 6.07) is 6.25. The van der Waals surface area contributed by atoms with Crippen molar-refractivity contribution in [2.45, 2.75) is 20.8 Å². The van der Waals surface area contributed by atoms with Gasteiger partial charge in [0.15, 0.2) is 0 Å². The minimum atomic E-state index is 0.655. The van der Waals surface area contributed by atoms with Gasteiger partial charge in [0.1, 0.15) is 5.76 Å². The molecule has 0 radical (unpaired) electrons. The Morgan fingerprint density at radius 2 is 2.12 bits per heavy atom. The molecule has 1 heterocycles. The molecule has 1 aromatic heterocycles. The number of benzene rings is 1. The summed E-state index contributed by atoms with van der Waals surface area (Å²) in [4.78, 5) is 3.35. The Labute approximate surface area is 95.9 Å². The molecule has 2 nitrogen and oxygen atoms in total. The van der Waals surface area contributed by atoms with Crippen molar-refractivity contribution >= 4 is 16.7 Å². The van der Waals surface area contributed by atoms with Crippen LogP contribution in [0.15, 0.2) is 24.8 Å². The smallest absolute Gasteiger partial charge is 0.119 e. The van der Waals surface area contributed by atoms with E-state index in [4.69, 9.17) is 4.74 Å². The first-order valence-corrected chi connectivity index (χ1v) is 5.54. The third-order valence-electron chi connectivity index (χ3n) is 2.95. The number of aryl methyl sites for hydroxylation is 2. The van der Waals surface area contributed by atoms with Gasteiger partial charge in [-0.25, -0.2) is 0 Å². The fourth-order valence-corrected chi connectivity index (χ4v) is 1.89. The van der Waals surface area contributed by atoms with E-state index in [0.29, 0.717) is 6.61 Å². The zero-order valence-electron chi connectivity index (χ0n) is 10.1. The molecule has 1 aromatic carbocycles. The summed E-state index contributed by atoms with van der Waals surface area (Å²) in [6.45, 7) is 10.8. The number of rotatable bonds is 3. The quantitative estimate of drug-likeness (QED) is 0.774. The maximum Gasteiger partial charge on any atom is 0.119 e. The zero-order valence-corrected chi connectivity index (χ0v) is 10.1. The molecule has 0 unspecified atom stereocenters. The molecule has 0 aliphatic heterocycles. The minimum absolute atomic E-state index is 0.655. The highest BCUT2D eigenvalue weighted by Crippen LogP contribution is 2.25. The molecular weight excluding hydrogens is 198 g/mol. The van der Waals surface area contributed by atoms with E-state index in [-0.39, 0.29) is 0 Å². The highest BCUT2D eigenvalue weighted by Gasteiger charge is 2.06. The van der Waals surface area contributed by atoms with Gasteiger partial charge in [-0.2, -0.15) is 0 Å². The Kier molecular flexibility index (Phi) is 2.73. The molecule has 2 rings (SSSR count). The Morgan fingerprint density at radius 1 is 1.38 bits per heavy atom. The van der Waals surface area contributed by atoms with Gasteiger partial charge in [-0.3, -0.25) is 0 Å². The summed E-state index contributed by atoms with van der Waals surface area (Å²) in [5, 5.41) is 1.25. The van der Waals surface area contributed by atoms with Gasteiger partial charge in [0.2, 0.25) is 0 Å². The van der Waals surface area contributed by atoms with Crippen molar-refractivity contribution in [1.82, 2.24) is 4.98 Å². The zero-order chi connectivity index (χ0) is 11.7. The van der Waals surface area contributed by atoms with Crippen molar-refractivity contribution in [1.29, 1.82) is 0 Å². The number of H-pyrrole nitrogens is 1. The van der Waals surface area contributed by atoms with Crippen molar-refractivity contribution in [2.24, 2.45) is 0 Å². The maximum atomic E-state index is 5.42. The first-order valence-electron chi connectivity index (χ1n) is 5.54. The molecule has 16 heavy (non-hydrogen) atoms. The Hall–Kier alpha value is -1.70. The molecular formula is C14H17NO. The van der Waals surface area contributed by atoms with Crippen molar-refractivity contribution in [2.75, 3.05) is 6.61 Å². The summed E-state index contributed by atoms with van der Waals surface area (Å²) < 4.78 is 5.42. The Morgan fingerprint density at radius 3 is 2.81 bits per heavy atom. The fraction of sp³-hybridized carbons (Fsp3) is 0.286. The van der Waals surface area contributed by atoms with Crippen LogP contribution >= 0.6 is 0 Å². The lowest BCUT2D eigenvalue weighted by atomic mass is 10.1. The lowest BCUT2D eigenvalue weighted by Gasteiger charge is -2.06. The lowest BCUT2D eigenvalue weighted by Crippen LogP contribution is -1.89. The van der Waals surface area contributed by atoms with E-state index in [1.807, 2.05) is 13.0 Å². The second-order valence-electron chi connectivity index (χ2n) is 3.99. The van der Waals surface area contributed by atoms with Gasteiger partial charge in [-0.05, 0) is 44.5 Å². The predicted octanol–water partition coefficient (Wildman–Crippen LogP) is 3.79. The SMILES string of the molecule is C=C(OCC)c1ccc2[nH]c(C)c(C)c2c1. The standard InChI is InChI=1S/C14H17NO/c1-5-16-11(4)12-6-7-14-13(8-12)9(2)10(3)15-14/h6-8,15H,4-5H2,1-3H3. The monoisotopic (exact) mass is 215 g/mol. The molecule has 0 fully saturated rings. The number of ether oxygens (including phenoxy) is 1. The molecule has 0 spiro atoms. The first kappa shape index (κ1) is 10.8. The predicted molar refractivity (Wildman–Crippen MR) is 68.4 cm³/mol. The van der Waals surface area contributed by atoms with Gasteiger partial charge in [0.05, 0.1) is 6.61 Å². The second kappa shape index (κ2) is 4.05. The van der Waals surface area contributed by atoms with Gasteiger partial charge in [-0.1, -0.05) is 6.58 Å². The number of aromatic amines is 1. The van der Waals surface area contributed by atoms with Gasteiger partial charge in [-0.15, -0.1) is 0 Å². The topological polar surface area (TPSA) is 25.0 Å². The first-order chi connectivity index (χ1) is 7.63. The summed E-state index contributed by atoms with van der Waals surface area (Å²) >= 11 is 0. The number of fused-ring (bicyclic) bond motifs is 1. The molecule has 0 aliphatic carbocycles. The molecule has 2 aromatic rings. The molecule has 2 heteroatoms. The van der Waals surface area contributed by atoms with E-state index in [1.54, 1.807) is 0 Å². The van der Waals surface area contributed by atoms with E-state index < -0.39 is 0 Å². The molecule has 0 aliphatic rings. The molecule has 0 atom stereocenters. The summed E-state index contributed by atoms with van der Waals surface area (Å²) in [6.07, 6.45) is 0. The largest absolute Gasteiger partial charge is 0.494 e. The fourth-order valence-electron chi connectivity index (χ4n) is 1.89. The van der Waals surface area contributed by atoms with Crippen LogP contribution in [0.25, 0.3) is 16.7 Å². The van der Waals surface area contributed by atoms with E-state index in [1.165, 1.54) is 22.2 Å². The normalized spacial score (nSPS) is 10.7. The third kappa shape index (κ3) is 1.71. The molecule has 0 saturated carbocycles. The van der Waals surface area contributed by atoms with Crippen LogP contribution in [-0.4, -0.2) is 11.6 Å². The van der Waals surface area contributed by atoms with Crippen LogP contribution in [-0.2, 0) is 4.74 Å². The summed E-state index contributed by atoms with van der Waals surface area (Å²) in [5.41, 5.74) is 4.73. The van der Waals surface area contributed by atoms with Crippen LogP contribution in [0.1, 0.15) is 23.7 Å². The van der Waals surface area contributed by atoms with Crippen LogP contribution in [0.4, 0.5) is 0 Å². The third-order valence-corrected chi connectivity index (χ3v) is 2.95. The van der Waals surface area contributed by atoms with Crippen molar-refractivity contribution in [3.63, 3.8) is 0 Å². The Bertz CT molecular complexity index is 537. The van der Waals surface area contributed by atoms with Gasteiger partial charge in [0, 0.05) is 22.2 Å². The molecule has 84 valence electrons. The lowest BCUT2D eigenvalue weighted by molar-refractivity contribution is 0.299. The van der Waals surface area contributed by atoms with Crippen LogP contribution in [0, 0.1) is 13.8 Å². The van der Waals surface area contributed by atoms with Gasteiger partial charge in [0.25, 0.3) is 0 Å². The molecule has 0 saturated heterocycles. The average Bonchev–Trinajstić information content (AvgIpc) is 2.55. The minimum Gasteiger partial charge on any atom is -0.494 e. The highest BCUT2D eigenvalue weighted by atomic mass is 16.5. The van der Waals surface area contributed by atoms with Crippen molar-refractivity contribution in [3.8, 4) is 0 Å². The van der Waals surface area contributed by atoms with Crippen LogP contribution in [0.5, 0.6) is 0 Å².